The van der Waals surface area contributed by atoms with Crippen molar-refractivity contribution in [3.63, 3.8) is 0 Å². The second-order valence-corrected chi connectivity index (χ2v) is 9.24. The first-order chi connectivity index (χ1) is 11.9. The maximum absolute atomic E-state index is 6.20. The molecule has 0 radical (unpaired) electrons. The summed E-state index contributed by atoms with van der Waals surface area (Å²) in [5.74, 6) is 1.54. The van der Waals surface area contributed by atoms with Crippen LogP contribution in [0.25, 0.3) is 10.2 Å². The lowest BCUT2D eigenvalue weighted by atomic mass is 9.72. The molecule has 3 aromatic rings. The third-order valence-electron chi connectivity index (χ3n) is 5.14. The first-order valence-electron chi connectivity index (χ1n) is 8.71. The zero-order valence-corrected chi connectivity index (χ0v) is 16.3. The lowest BCUT2D eigenvalue weighted by molar-refractivity contribution is 0.218. The number of halogens is 1. The fourth-order valence-corrected chi connectivity index (χ4v) is 5.16. The zero-order chi connectivity index (χ0) is 17.6. The van der Waals surface area contributed by atoms with E-state index in [-0.39, 0.29) is 0 Å². The number of nitrogens with one attached hydrogen (secondary N) is 1. The van der Waals surface area contributed by atoms with Crippen molar-refractivity contribution in [3.05, 3.63) is 46.1 Å². The molecule has 1 aliphatic carbocycles. The van der Waals surface area contributed by atoms with Crippen molar-refractivity contribution in [1.29, 1.82) is 0 Å². The fourth-order valence-electron chi connectivity index (χ4n) is 3.64. The predicted octanol–water partition coefficient (Wildman–Crippen LogP) is 6.24. The van der Waals surface area contributed by atoms with E-state index in [4.69, 9.17) is 11.6 Å². The molecule has 4 rings (SSSR count). The van der Waals surface area contributed by atoms with Crippen LogP contribution >= 0.6 is 22.9 Å². The maximum Gasteiger partial charge on any atom is 0.225 e. The summed E-state index contributed by atoms with van der Waals surface area (Å²) in [5, 5.41) is 4.89. The summed E-state index contributed by atoms with van der Waals surface area (Å²) < 4.78 is 0. The molecule has 0 saturated carbocycles. The van der Waals surface area contributed by atoms with Gasteiger partial charge in [0.2, 0.25) is 5.28 Å². The van der Waals surface area contributed by atoms with Crippen LogP contribution < -0.4 is 5.32 Å². The normalized spacial score (nSPS) is 17.5. The summed E-state index contributed by atoms with van der Waals surface area (Å²) in [6.45, 7) is 7.03. The van der Waals surface area contributed by atoms with Gasteiger partial charge in [-0.1, -0.05) is 39.0 Å². The van der Waals surface area contributed by atoms with Crippen molar-refractivity contribution >= 4 is 44.7 Å². The minimum atomic E-state index is 0.303. The summed E-state index contributed by atoms with van der Waals surface area (Å²) in [4.78, 5) is 11.4. The summed E-state index contributed by atoms with van der Waals surface area (Å²) in [6, 6.07) is 10.1. The van der Waals surface area contributed by atoms with E-state index >= 15 is 0 Å². The molecule has 1 atom stereocenters. The summed E-state index contributed by atoms with van der Waals surface area (Å²) in [6.07, 6.45) is 3.43. The fraction of sp³-hybridized carbons (Fsp3) is 0.400. The monoisotopic (exact) mass is 371 g/mol. The number of aromatic nitrogens is 2. The van der Waals surface area contributed by atoms with Gasteiger partial charge in [-0.05, 0) is 59.9 Å². The largest absolute Gasteiger partial charge is 0.340 e. The molecule has 1 unspecified atom stereocenters. The maximum atomic E-state index is 6.20. The Morgan fingerprint density at radius 2 is 1.92 bits per heavy atom. The van der Waals surface area contributed by atoms with Crippen LogP contribution in [0.1, 0.15) is 37.6 Å². The molecule has 130 valence electrons. The highest BCUT2D eigenvalue weighted by Gasteiger charge is 2.31. The van der Waals surface area contributed by atoms with Crippen LogP contribution in [0.5, 0.6) is 0 Å². The van der Waals surface area contributed by atoms with Crippen molar-refractivity contribution in [2.24, 2.45) is 11.3 Å². The molecule has 2 aromatic heterocycles. The number of hydrogen-bond acceptors (Lipinski definition) is 4. The average Bonchev–Trinajstić information content (AvgIpc) is 2.92. The van der Waals surface area contributed by atoms with Gasteiger partial charge in [0.05, 0.1) is 5.39 Å². The molecule has 0 saturated heterocycles. The topological polar surface area (TPSA) is 37.8 Å². The van der Waals surface area contributed by atoms with Crippen LogP contribution in [-0.4, -0.2) is 9.97 Å². The summed E-state index contributed by atoms with van der Waals surface area (Å²) >= 11 is 7.98. The van der Waals surface area contributed by atoms with Gasteiger partial charge in [-0.2, -0.15) is 4.98 Å². The van der Waals surface area contributed by atoms with E-state index in [0.717, 1.165) is 34.6 Å². The van der Waals surface area contributed by atoms with Gasteiger partial charge in [0.15, 0.2) is 0 Å². The number of para-hydroxylation sites is 1. The van der Waals surface area contributed by atoms with Gasteiger partial charge in [0, 0.05) is 10.6 Å². The molecule has 0 bridgehead atoms. The van der Waals surface area contributed by atoms with E-state index in [1.807, 2.05) is 30.3 Å². The lowest BCUT2D eigenvalue weighted by Gasteiger charge is -2.33. The number of hydrogen-bond donors (Lipinski definition) is 1. The standard InChI is InChI=1S/C20H22ClN3S/c1-20(2,3)12-9-10-14-15(11-12)25-18-16(14)17(23-19(21)24-18)22-13-7-5-4-6-8-13/h4-8,12H,9-11H2,1-3H3,(H,22,23,24). The van der Waals surface area contributed by atoms with Gasteiger partial charge in [-0.3, -0.25) is 0 Å². The van der Waals surface area contributed by atoms with Crippen molar-refractivity contribution in [3.8, 4) is 0 Å². The Kier molecular flexibility index (Phi) is 4.20. The molecule has 0 amide bonds. The molecular weight excluding hydrogens is 350 g/mol. The molecule has 1 aliphatic rings. The van der Waals surface area contributed by atoms with Crippen molar-refractivity contribution < 1.29 is 0 Å². The molecule has 5 heteroatoms. The Hall–Kier alpha value is -1.65. The quantitative estimate of drug-likeness (QED) is 0.542. The summed E-state index contributed by atoms with van der Waals surface area (Å²) in [5.41, 5.74) is 2.76. The first-order valence-corrected chi connectivity index (χ1v) is 9.91. The number of rotatable bonds is 2. The number of aryl methyl sites for hydroxylation is 1. The molecule has 2 heterocycles. The van der Waals surface area contributed by atoms with Gasteiger partial charge < -0.3 is 5.32 Å². The van der Waals surface area contributed by atoms with E-state index in [1.54, 1.807) is 11.3 Å². The molecule has 1 aromatic carbocycles. The van der Waals surface area contributed by atoms with Crippen LogP contribution in [-0.2, 0) is 12.8 Å². The van der Waals surface area contributed by atoms with Gasteiger partial charge >= 0.3 is 0 Å². The van der Waals surface area contributed by atoms with E-state index in [9.17, 15) is 0 Å². The first kappa shape index (κ1) is 16.8. The van der Waals surface area contributed by atoms with Crippen LogP contribution in [0.4, 0.5) is 11.5 Å². The van der Waals surface area contributed by atoms with E-state index in [0.29, 0.717) is 16.6 Å². The molecule has 0 fully saturated rings. The van der Waals surface area contributed by atoms with Gasteiger partial charge in [0.25, 0.3) is 0 Å². The van der Waals surface area contributed by atoms with Gasteiger partial charge in [-0.25, -0.2) is 4.98 Å². The smallest absolute Gasteiger partial charge is 0.225 e. The number of nitrogens with zero attached hydrogens (tertiary/aromatic N) is 2. The second-order valence-electron chi connectivity index (χ2n) is 7.82. The molecule has 0 aliphatic heterocycles. The van der Waals surface area contributed by atoms with Crippen molar-refractivity contribution in [2.75, 3.05) is 5.32 Å². The van der Waals surface area contributed by atoms with Crippen LogP contribution in [0, 0.1) is 11.3 Å². The highest BCUT2D eigenvalue weighted by molar-refractivity contribution is 7.19. The Bertz CT molecular complexity index is 912. The second kappa shape index (κ2) is 6.26. The molecule has 0 spiro atoms. The zero-order valence-electron chi connectivity index (χ0n) is 14.8. The SMILES string of the molecule is CC(C)(C)C1CCc2c(sc3nc(Cl)nc(Nc4ccccc4)c23)C1. The lowest BCUT2D eigenvalue weighted by Crippen LogP contribution is -2.26. The molecule has 1 N–H and O–H groups in total. The van der Waals surface area contributed by atoms with Crippen LogP contribution in [0.3, 0.4) is 0 Å². The molecular formula is C20H22ClN3S. The number of benzene rings is 1. The highest BCUT2D eigenvalue weighted by atomic mass is 35.5. The predicted molar refractivity (Wildman–Crippen MR) is 107 cm³/mol. The van der Waals surface area contributed by atoms with E-state index in [2.05, 4.69) is 36.1 Å². The Balaban J connectivity index is 1.79. The van der Waals surface area contributed by atoms with Crippen LogP contribution in [0.2, 0.25) is 5.28 Å². The van der Waals surface area contributed by atoms with Gasteiger partial charge in [0.1, 0.15) is 10.6 Å². The summed E-state index contributed by atoms with van der Waals surface area (Å²) in [7, 11) is 0. The van der Waals surface area contributed by atoms with E-state index < -0.39 is 0 Å². The molecule has 25 heavy (non-hydrogen) atoms. The number of thiophene rings is 1. The van der Waals surface area contributed by atoms with E-state index in [1.165, 1.54) is 16.9 Å². The highest BCUT2D eigenvalue weighted by Crippen LogP contribution is 2.44. The number of anilines is 2. The number of fused-ring (bicyclic) bond motifs is 3. The average molecular weight is 372 g/mol. The third-order valence-corrected chi connectivity index (χ3v) is 6.46. The van der Waals surface area contributed by atoms with Gasteiger partial charge in [-0.15, -0.1) is 11.3 Å². The minimum absolute atomic E-state index is 0.303. The van der Waals surface area contributed by atoms with Crippen molar-refractivity contribution in [1.82, 2.24) is 9.97 Å². The Morgan fingerprint density at radius 3 is 2.64 bits per heavy atom. The minimum Gasteiger partial charge on any atom is -0.340 e. The molecule has 3 nitrogen and oxygen atoms in total. The Labute approximate surface area is 157 Å². The van der Waals surface area contributed by atoms with Crippen LogP contribution in [0.15, 0.2) is 30.3 Å². The Morgan fingerprint density at radius 1 is 1.16 bits per heavy atom. The third kappa shape index (κ3) is 3.25. The van der Waals surface area contributed by atoms with Crippen molar-refractivity contribution in [2.45, 2.75) is 40.0 Å².